The first kappa shape index (κ1) is 30.0. The monoisotopic (exact) mass is 605 g/mol. The van der Waals surface area contributed by atoms with E-state index < -0.39 is 7.25 Å². The third-order valence-corrected chi connectivity index (χ3v) is 8.26. The minimum Gasteiger partial charge on any atom is -0.418 e. The minimum absolute atomic E-state index is 0.380. The van der Waals surface area contributed by atoms with E-state index in [1.807, 2.05) is 0 Å². The van der Waals surface area contributed by atoms with Gasteiger partial charge in [-0.15, -0.1) is 0 Å². The summed E-state index contributed by atoms with van der Waals surface area (Å²) in [6, 6.07) is 49.8. The fourth-order valence-electron chi connectivity index (χ4n) is 6.58. The van der Waals surface area contributed by atoms with Gasteiger partial charge in [-0.3, -0.25) is 0 Å². The molecule has 1 heterocycles. The van der Waals surface area contributed by atoms with Gasteiger partial charge in [0.1, 0.15) is 17.1 Å². The Hall–Kier alpha value is -5.08. The van der Waals surface area contributed by atoms with E-state index in [0.29, 0.717) is 0 Å². The van der Waals surface area contributed by atoms with Crippen molar-refractivity contribution < 1.29 is 22.2 Å². The highest BCUT2D eigenvalue weighted by Crippen LogP contribution is 2.58. The summed E-state index contributed by atoms with van der Waals surface area (Å²) in [5, 5.41) is 7.28. The molecule has 5 aromatic carbocycles. The molecule has 8 heteroatoms. The largest absolute Gasteiger partial charge is 0.673 e. The molecule has 0 atom stereocenters. The van der Waals surface area contributed by atoms with E-state index in [-0.39, 0.29) is 5.41 Å². The summed E-state index contributed by atoms with van der Waals surface area (Å²) in [7, 11) is -6.00. The summed E-state index contributed by atoms with van der Waals surface area (Å²) >= 11 is 0. The third-order valence-electron chi connectivity index (χ3n) is 8.26. The topological polar surface area (TPSA) is 28.5 Å². The zero-order valence-corrected chi connectivity index (χ0v) is 24.4. The van der Waals surface area contributed by atoms with Crippen molar-refractivity contribution in [3.63, 3.8) is 0 Å². The van der Waals surface area contributed by atoms with Gasteiger partial charge in [0.25, 0.3) is 0 Å². The molecule has 0 unspecified atom stereocenters. The smallest absolute Gasteiger partial charge is 0.418 e. The first-order valence-electron chi connectivity index (χ1n) is 14.9. The van der Waals surface area contributed by atoms with E-state index in [1.54, 1.807) is 0 Å². The predicted octanol–water partition coefficient (Wildman–Crippen LogP) is 9.55. The molecule has 1 spiro atoms. The summed E-state index contributed by atoms with van der Waals surface area (Å²) in [5.74, 6) is 0. The van der Waals surface area contributed by atoms with Gasteiger partial charge in [-0.05, 0) is 60.4 Å². The van der Waals surface area contributed by atoms with E-state index in [9.17, 15) is 17.3 Å². The summed E-state index contributed by atoms with van der Waals surface area (Å²) in [6.45, 7) is 0. The van der Waals surface area contributed by atoms with Crippen LogP contribution in [0.5, 0.6) is 0 Å². The van der Waals surface area contributed by atoms with E-state index in [4.69, 9.17) is 0 Å². The highest BCUT2D eigenvalue weighted by Gasteiger charge is 2.53. The molecule has 7 rings (SSSR count). The molecule has 0 amide bonds. The first-order chi connectivity index (χ1) is 21.9. The fourth-order valence-corrected chi connectivity index (χ4v) is 6.58. The molecule has 1 saturated carbocycles. The Kier molecular flexibility index (Phi) is 8.58. The summed E-state index contributed by atoms with van der Waals surface area (Å²) < 4.78 is 39.0. The molecule has 0 radical (unpaired) electrons. The number of anilines is 2. The number of para-hydroxylation sites is 5. The maximum atomic E-state index is 9.75. The van der Waals surface area contributed by atoms with E-state index in [2.05, 4.69) is 163 Å². The Morgan fingerprint density at radius 1 is 0.511 bits per heavy atom. The fraction of sp³-hybridized carbons (Fsp3) is 0.0811. The van der Waals surface area contributed by atoms with Crippen LogP contribution in [0.1, 0.15) is 24.0 Å². The summed E-state index contributed by atoms with van der Waals surface area (Å²) in [4.78, 5) is 1.30. The first-order valence-corrected chi connectivity index (χ1v) is 14.9. The van der Waals surface area contributed by atoms with Crippen LogP contribution >= 0.6 is 0 Å². The van der Waals surface area contributed by atoms with Gasteiger partial charge in [0.15, 0.2) is 0 Å². The summed E-state index contributed by atoms with van der Waals surface area (Å²) in [6.07, 6.45) is 6.48. The second-order valence-electron chi connectivity index (χ2n) is 10.9. The van der Waals surface area contributed by atoms with Crippen LogP contribution < -0.4 is 15.5 Å². The zero-order chi connectivity index (χ0) is 31.3. The van der Waals surface area contributed by atoms with Crippen molar-refractivity contribution in [1.29, 1.82) is 0 Å². The van der Waals surface area contributed by atoms with Crippen LogP contribution in [0.15, 0.2) is 163 Å². The molecule has 5 aromatic rings. The SMILES string of the molecule is C(Nc1ccccc1)=C1CCC(=CNc2ccccc2)C12c1ccccc1[NH+](c1ccccc1)c1ccccc12.F[B-](F)(F)F. The molecule has 1 aliphatic heterocycles. The number of hydrogen-bond donors (Lipinski definition) is 3. The molecule has 45 heavy (non-hydrogen) atoms. The van der Waals surface area contributed by atoms with Gasteiger partial charge in [-0.2, -0.15) is 0 Å². The van der Waals surface area contributed by atoms with Gasteiger partial charge >= 0.3 is 7.25 Å². The Bertz CT molecular complexity index is 1690. The lowest BCUT2D eigenvalue weighted by Crippen LogP contribution is -2.98. The highest BCUT2D eigenvalue weighted by atomic mass is 19.5. The molecule has 0 aromatic heterocycles. The van der Waals surface area contributed by atoms with E-state index in [1.165, 1.54) is 44.2 Å². The number of rotatable bonds is 5. The second-order valence-corrected chi connectivity index (χ2v) is 10.9. The maximum Gasteiger partial charge on any atom is 0.673 e. The number of halogens is 4. The van der Waals surface area contributed by atoms with Gasteiger partial charge in [-0.25, -0.2) is 4.90 Å². The molecule has 226 valence electrons. The highest BCUT2D eigenvalue weighted by molar-refractivity contribution is 6.50. The normalized spacial score (nSPS) is 20.2. The van der Waals surface area contributed by atoms with Crippen molar-refractivity contribution in [3.8, 4) is 0 Å². The molecular formula is C37H32BF4N3. The van der Waals surface area contributed by atoms with Gasteiger partial charge in [0, 0.05) is 47.0 Å². The van der Waals surface area contributed by atoms with Gasteiger partial charge < -0.3 is 27.9 Å². The van der Waals surface area contributed by atoms with Crippen molar-refractivity contribution >= 4 is 35.7 Å². The molecule has 2 aliphatic rings. The van der Waals surface area contributed by atoms with Crippen LogP contribution in [0.25, 0.3) is 0 Å². The van der Waals surface area contributed by atoms with E-state index >= 15 is 0 Å². The lowest BCUT2D eigenvalue weighted by atomic mass is 9.65. The molecule has 0 saturated heterocycles. The number of hydrogen-bond acceptors (Lipinski definition) is 2. The zero-order valence-electron chi connectivity index (χ0n) is 24.4. The Morgan fingerprint density at radius 3 is 1.29 bits per heavy atom. The Labute approximate surface area is 260 Å². The number of allylic oxidation sites excluding steroid dienone is 2. The standard InChI is InChI=1S/C37H31N3.BF4/c1-4-14-30(15-5-1)38-26-28-24-25-29(27-39-31-16-6-2-7-17-31)37(28)33-20-10-12-22-35(33)40(32-18-8-3-9-19-32)36-23-13-11-21-34(36)37;2-1(3,4)5/h1-23,26-27,38-39H,24-25H2;/q;-1/p+1. The lowest BCUT2D eigenvalue weighted by Gasteiger charge is -2.41. The van der Waals surface area contributed by atoms with Gasteiger partial charge in [-0.1, -0.05) is 91.0 Å². The maximum absolute atomic E-state index is 9.75. The minimum atomic E-state index is -6.00. The van der Waals surface area contributed by atoms with Crippen LogP contribution in [-0.4, -0.2) is 7.25 Å². The van der Waals surface area contributed by atoms with Gasteiger partial charge in [0.2, 0.25) is 0 Å². The Morgan fingerprint density at radius 2 is 0.867 bits per heavy atom. The van der Waals surface area contributed by atoms with Crippen LogP contribution in [-0.2, 0) is 5.41 Å². The molecule has 0 bridgehead atoms. The molecular weight excluding hydrogens is 573 g/mol. The van der Waals surface area contributed by atoms with Crippen molar-refractivity contribution in [2.24, 2.45) is 0 Å². The second kappa shape index (κ2) is 12.9. The van der Waals surface area contributed by atoms with Crippen molar-refractivity contribution in [1.82, 2.24) is 0 Å². The molecule has 3 N–H and O–H groups in total. The predicted molar refractivity (Wildman–Crippen MR) is 176 cm³/mol. The average Bonchev–Trinajstić information content (AvgIpc) is 3.42. The number of fused-ring (bicyclic) bond motifs is 4. The number of benzene rings is 5. The number of quaternary nitrogens is 1. The van der Waals surface area contributed by atoms with E-state index in [0.717, 1.165) is 24.2 Å². The Balaban J connectivity index is 0.000000664. The lowest BCUT2D eigenvalue weighted by molar-refractivity contribution is -0.684. The van der Waals surface area contributed by atoms with Crippen LogP contribution in [0.4, 0.5) is 45.7 Å². The molecule has 1 aliphatic carbocycles. The summed E-state index contributed by atoms with van der Waals surface area (Å²) in [5.41, 5.74) is 11.1. The van der Waals surface area contributed by atoms with Gasteiger partial charge in [0.05, 0.1) is 5.41 Å². The van der Waals surface area contributed by atoms with Crippen molar-refractivity contribution in [2.75, 3.05) is 10.6 Å². The van der Waals surface area contributed by atoms with Crippen LogP contribution in [0.2, 0.25) is 0 Å². The quantitative estimate of drug-likeness (QED) is 0.138. The molecule has 1 fully saturated rings. The average molecular weight is 605 g/mol. The van der Waals surface area contributed by atoms with Crippen molar-refractivity contribution in [2.45, 2.75) is 18.3 Å². The van der Waals surface area contributed by atoms with Crippen LogP contribution in [0.3, 0.4) is 0 Å². The van der Waals surface area contributed by atoms with Crippen molar-refractivity contribution in [3.05, 3.63) is 174 Å². The number of nitrogens with one attached hydrogen (secondary N) is 3. The third kappa shape index (κ3) is 6.28. The molecule has 3 nitrogen and oxygen atoms in total. The van der Waals surface area contributed by atoms with Crippen LogP contribution in [0, 0.1) is 0 Å².